The molecule has 1 N–H and O–H groups in total. The van der Waals surface area contributed by atoms with E-state index in [0.29, 0.717) is 16.5 Å². The minimum atomic E-state index is -1.45. The predicted octanol–water partition coefficient (Wildman–Crippen LogP) is 4.71. The number of methoxy groups -OCH3 is 4. The second-order valence-electron chi connectivity index (χ2n) is 6.04. The molecule has 1 atom stereocenters. The van der Waals surface area contributed by atoms with E-state index < -0.39 is 17.7 Å². The molecule has 0 saturated heterocycles. The minimum absolute atomic E-state index is 0.107. The summed E-state index contributed by atoms with van der Waals surface area (Å²) in [6.45, 7) is 1.22. The van der Waals surface area contributed by atoms with Gasteiger partial charge in [0.25, 0.3) is 5.91 Å². The summed E-state index contributed by atoms with van der Waals surface area (Å²) in [5, 5.41) is 10.9. The summed E-state index contributed by atoms with van der Waals surface area (Å²) >= 11 is 12.3. The van der Waals surface area contributed by atoms with E-state index in [1.165, 1.54) is 53.6 Å². The number of hydrogen-bond donors (Lipinski definition) is 1. The highest BCUT2D eigenvalue weighted by Crippen LogP contribution is 2.41. The number of ketones is 1. The van der Waals surface area contributed by atoms with Gasteiger partial charge in [0, 0.05) is 11.1 Å². The van der Waals surface area contributed by atoms with Crippen LogP contribution in [0.25, 0.3) is 0 Å². The smallest absolute Gasteiger partial charge is 0.258 e. The number of carbonyl (C=O) groups is 2. The summed E-state index contributed by atoms with van der Waals surface area (Å²) < 4.78 is 20.8. The summed E-state index contributed by atoms with van der Waals surface area (Å²) in [5.41, 5.74) is 0.405. The van der Waals surface area contributed by atoms with Crippen molar-refractivity contribution in [2.45, 2.75) is 13.0 Å². The molecule has 0 aromatic heterocycles. The molecule has 2 rings (SSSR count). The van der Waals surface area contributed by atoms with Gasteiger partial charge < -0.3 is 24.3 Å². The summed E-state index contributed by atoms with van der Waals surface area (Å²) in [7, 11) is 5.72. The number of carbonyl (C=O) groups excluding carboxylic acids is 2. The van der Waals surface area contributed by atoms with E-state index in [2.05, 4.69) is 15.5 Å². The van der Waals surface area contributed by atoms with Gasteiger partial charge in [0.1, 0.15) is 10.7 Å². The molecular weight excluding hydrogens is 449 g/mol. The number of amides is 1. The van der Waals surface area contributed by atoms with Crippen LogP contribution in [-0.4, -0.2) is 46.2 Å². The molecule has 9 nitrogen and oxygen atoms in total. The zero-order valence-corrected chi connectivity index (χ0v) is 19.0. The number of ether oxygens (including phenoxy) is 4. The lowest BCUT2D eigenvalue weighted by Gasteiger charge is -2.15. The van der Waals surface area contributed by atoms with Crippen molar-refractivity contribution in [3.63, 3.8) is 0 Å². The second-order valence-corrected chi connectivity index (χ2v) is 6.86. The van der Waals surface area contributed by atoms with Gasteiger partial charge in [0.05, 0.1) is 34.1 Å². The van der Waals surface area contributed by atoms with Crippen molar-refractivity contribution < 1.29 is 28.5 Å². The Balaban J connectivity index is 2.35. The highest BCUT2D eigenvalue weighted by molar-refractivity contribution is 6.35. The molecule has 1 unspecified atom stereocenters. The van der Waals surface area contributed by atoms with Gasteiger partial charge in [-0.1, -0.05) is 23.2 Å². The Morgan fingerprint density at radius 1 is 0.935 bits per heavy atom. The molecule has 0 fully saturated rings. The topological polar surface area (TPSA) is 108 Å². The highest BCUT2D eigenvalue weighted by Gasteiger charge is 2.25. The summed E-state index contributed by atoms with van der Waals surface area (Å²) in [4.78, 5) is 24.8. The van der Waals surface area contributed by atoms with E-state index in [4.69, 9.17) is 42.1 Å². The van der Waals surface area contributed by atoms with Crippen LogP contribution in [0, 0.1) is 0 Å². The predicted molar refractivity (Wildman–Crippen MR) is 117 cm³/mol. The first kappa shape index (κ1) is 24.2. The standard InChI is InChI=1S/C20H21Cl2N3O6/c1-10(26)17(25-24-13-8-11(21)9-15(29-3)18(13)30-4)20(27)23-12-6-7-14(28-2)19(31-5)16(12)22/h6-9,17H,1-5H3,(H,23,27). The Labute approximate surface area is 189 Å². The molecule has 0 aliphatic heterocycles. The van der Waals surface area contributed by atoms with Crippen LogP contribution in [0.15, 0.2) is 34.5 Å². The van der Waals surface area contributed by atoms with Gasteiger partial charge in [-0.05, 0) is 25.1 Å². The fraction of sp³-hybridized carbons (Fsp3) is 0.300. The van der Waals surface area contributed by atoms with E-state index >= 15 is 0 Å². The van der Waals surface area contributed by atoms with Gasteiger partial charge in [0.15, 0.2) is 28.8 Å². The second kappa shape index (κ2) is 10.8. The molecule has 0 spiro atoms. The third-order valence-corrected chi connectivity index (χ3v) is 4.67. The van der Waals surface area contributed by atoms with Gasteiger partial charge in [-0.15, -0.1) is 0 Å². The number of nitrogens with one attached hydrogen (secondary N) is 1. The Bertz CT molecular complexity index is 1010. The highest BCUT2D eigenvalue weighted by atomic mass is 35.5. The first-order valence-corrected chi connectivity index (χ1v) is 9.57. The van der Waals surface area contributed by atoms with Crippen LogP contribution < -0.4 is 24.3 Å². The number of nitrogens with zero attached hydrogens (tertiary/aromatic N) is 2. The van der Waals surface area contributed by atoms with Crippen molar-refractivity contribution in [2.75, 3.05) is 33.8 Å². The van der Waals surface area contributed by atoms with E-state index in [-0.39, 0.29) is 27.9 Å². The lowest BCUT2D eigenvalue weighted by Crippen LogP contribution is -2.32. The van der Waals surface area contributed by atoms with Crippen LogP contribution in [0.3, 0.4) is 0 Å². The maximum atomic E-state index is 12.7. The Hall–Kier alpha value is -3.04. The number of benzene rings is 2. The maximum Gasteiger partial charge on any atom is 0.258 e. The molecule has 0 heterocycles. The van der Waals surface area contributed by atoms with Crippen molar-refractivity contribution >= 4 is 46.3 Å². The van der Waals surface area contributed by atoms with Crippen molar-refractivity contribution in [1.29, 1.82) is 0 Å². The molecular formula is C20H21Cl2N3O6. The average Bonchev–Trinajstić information content (AvgIpc) is 2.74. The molecule has 1 amide bonds. The average molecular weight is 470 g/mol. The summed E-state index contributed by atoms with van der Waals surface area (Å²) in [6.07, 6.45) is 0. The van der Waals surface area contributed by atoms with Crippen molar-refractivity contribution in [3.05, 3.63) is 34.3 Å². The van der Waals surface area contributed by atoms with Crippen molar-refractivity contribution in [1.82, 2.24) is 0 Å². The first-order valence-electron chi connectivity index (χ1n) is 8.81. The monoisotopic (exact) mass is 469 g/mol. The SMILES string of the molecule is COc1cc(Cl)cc(N=NC(C(C)=O)C(=O)Nc2ccc(OC)c(OC)c2Cl)c1OC. The number of Topliss-reactive ketones (excluding diaryl/α,β-unsaturated/α-hetero) is 1. The van der Waals surface area contributed by atoms with Crippen molar-refractivity contribution in [2.24, 2.45) is 10.2 Å². The molecule has 0 aliphatic rings. The zero-order valence-electron chi connectivity index (χ0n) is 17.5. The molecule has 0 saturated carbocycles. The summed E-state index contributed by atoms with van der Waals surface area (Å²) in [5.74, 6) is -0.0793. The van der Waals surface area contributed by atoms with Gasteiger partial charge in [-0.25, -0.2) is 0 Å². The molecule has 2 aromatic carbocycles. The third kappa shape index (κ3) is 5.56. The number of hydrogen-bond acceptors (Lipinski definition) is 8. The number of halogens is 2. The van der Waals surface area contributed by atoms with Crippen LogP contribution in [0.5, 0.6) is 23.0 Å². The Morgan fingerprint density at radius 3 is 2.13 bits per heavy atom. The van der Waals surface area contributed by atoms with E-state index in [1.807, 2.05) is 0 Å². The molecule has 0 radical (unpaired) electrons. The van der Waals surface area contributed by atoms with E-state index in [1.54, 1.807) is 6.07 Å². The van der Waals surface area contributed by atoms with Gasteiger partial charge in [-0.3, -0.25) is 9.59 Å². The number of azo groups is 1. The van der Waals surface area contributed by atoms with Gasteiger partial charge in [-0.2, -0.15) is 10.2 Å². The zero-order chi connectivity index (χ0) is 23.1. The lowest BCUT2D eigenvalue weighted by molar-refractivity contribution is -0.126. The van der Waals surface area contributed by atoms with Crippen LogP contribution in [0.1, 0.15) is 6.92 Å². The summed E-state index contributed by atoms with van der Waals surface area (Å²) in [6, 6.07) is 4.63. The van der Waals surface area contributed by atoms with Crippen LogP contribution in [0.4, 0.5) is 11.4 Å². The number of rotatable bonds is 9. The van der Waals surface area contributed by atoms with Gasteiger partial charge in [0.2, 0.25) is 6.04 Å². The Morgan fingerprint density at radius 2 is 1.58 bits per heavy atom. The molecule has 31 heavy (non-hydrogen) atoms. The molecule has 0 bridgehead atoms. The fourth-order valence-corrected chi connectivity index (χ4v) is 3.09. The van der Waals surface area contributed by atoms with E-state index in [0.717, 1.165) is 0 Å². The minimum Gasteiger partial charge on any atom is -0.493 e. The molecule has 166 valence electrons. The molecule has 11 heteroatoms. The van der Waals surface area contributed by atoms with Gasteiger partial charge >= 0.3 is 0 Å². The number of anilines is 1. The largest absolute Gasteiger partial charge is 0.493 e. The normalized spacial score (nSPS) is 11.7. The third-order valence-electron chi connectivity index (χ3n) is 4.08. The molecule has 2 aromatic rings. The maximum absolute atomic E-state index is 12.7. The first-order chi connectivity index (χ1) is 14.8. The molecule has 0 aliphatic carbocycles. The van der Waals surface area contributed by atoms with Crippen LogP contribution in [-0.2, 0) is 9.59 Å². The van der Waals surface area contributed by atoms with Crippen LogP contribution in [0.2, 0.25) is 10.0 Å². The Kier molecular flexibility index (Phi) is 8.47. The lowest BCUT2D eigenvalue weighted by atomic mass is 10.2. The van der Waals surface area contributed by atoms with Crippen LogP contribution >= 0.6 is 23.2 Å². The van der Waals surface area contributed by atoms with E-state index in [9.17, 15) is 9.59 Å². The fourth-order valence-electron chi connectivity index (χ4n) is 2.61. The quantitative estimate of drug-likeness (QED) is 0.420. The van der Waals surface area contributed by atoms with Crippen molar-refractivity contribution in [3.8, 4) is 23.0 Å².